The molecule has 124 valence electrons. The lowest BCUT2D eigenvalue weighted by molar-refractivity contribution is -0.386. The Hall–Kier alpha value is -3.28. The Bertz CT molecular complexity index is 993. The average Bonchev–Trinajstić information content (AvgIpc) is 2.62. The number of rotatable bonds is 2. The van der Waals surface area contributed by atoms with Crippen molar-refractivity contribution in [2.24, 2.45) is 4.99 Å². The topological polar surface area (TPSA) is 75.8 Å². The summed E-state index contributed by atoms with van der Waals surface area (Å²) >= 11 is 0. The number of aliphatic imine (C=N–C) groups is 1. The van der Waals surface area contributed by atoms with E-state index >= 15 is 0 Å². The molecule has 1 aliphatic carbocycles. The summed E-state index contributed by atoms with van der Waals surface area (Å²) in [5, 5.41) is 11.5. The summed E-state index contributed by atoms with van der Waals surface area (Å²) in [4.78, 5) is 30.0. The van der Waals surface area contributed by atoms with Crippen molar-refractivity contribution in [3.05, 3.63) is 81.4 Å². The van der Waals surface area contributed by atoms with E-state index in [0.717, 1.165) is 11.3 Å². The van der Waals surface area contributed by atoms with Crippen LogP contribution in [-0.4, -0.2) is 23.5 Å². The Balaban J connectivity index is 2.01. The predicted molar refractivity (Wildman–Crippen MR) is 95.3 cm³/mol. The van der Waals surface area contributed by atoms with Crippen LogP contribution in [0.2, 0.25) is 0 Å². The number of hydrogen-bond acceptors (Lipinski definition) is 5. The number of ketones is 1. The van der Waals surface area contributed by atoms with Crippen LogP contribution in [0.1, 0.15) is 28.4 Å². The summed E-state index contributed by atoms with van der Waals surface area (Å²) < 4.78 is 0. The molecule has 0 spiro atoms. The monoisotopic (exact) mass is 333 g/mol. The van der Waals surface area contributed by atoms with Crippen LogP contribution in [0.5, 0.6) is 0 Å². The molecular formula is C19H15N3O3. The molecule has 25 heavy (non-hydrogen) atoms. The van der Waals surface area contributed by atoms with Crippen molar-refractivity contribution in [1.29, 1.82) is 0 Å². The van der Waals surface area contributed by atoms with Gasteiger partial charge in [-0.3, -0.25) is 19.9 Å². The summed E-state index contributed by atoms with van der Waals surface area (Å²) in [7, 11) is 1.84. The van der Waals surface area contributed by atoms with Gasteiger partial charge in [0.05, 0.1) is 16.2 Å². The summed E-state index contributed by atoms with van der Waals surface area (Å²) in [5.74, 6) is -0.0569. The number of carbonyl (C=O) groups excluding carboxylic acids is 1. The molecule has 0 fully saturated rings. The normalized spacial score (nSPS) is 21.0. The molecule has 0 saturated carbocycles. The van der Waals surface area contributed by atoms with Crippen LogP contribution >= 0.6 is 0 Å². The number of carbonyl (C=O) groups is 1. The standard InChI is InChI=1S/C19H15N3O3/c1-19(13-7-3-4-8-15(13)22(24)25)20-14-10-11-17(23)12-6-5-9-16(18(12)14)21(19)2/h3-11H,1-2H3. The molecule has 1 aliphatic heterocycles. The number of nitro groups is 1. The maximum absolute atomic E-state index is 12.2. The fraction of sp³-hybridized carbons (Fsp3) is 0.158. The highest BCUT2D eigenvalue weighted by molar-refractivity contribution is 6.26. The first kappa shape index (κ1) is 15.3. The van der Waals surface area contributed by atoms with Crippen LogP contribution in [-0.2, 0) is 5.66 Å². The third kappa shape index (κ3) is 2.04. The molecule has 1 atom stereocenters. The molecule has 2 aromatic carbocycles. The van der Waals surface area contributed by atoms with Crippen molar-refractivity contribution >= 4 is 22.9 Å². The zero-order chi connectivity index (χ0) is 17.8. The maximum Gasteiger partial charge on any atom is 0.276 e. The molecule has 0 N–H and O–H groups in total. The van der Waals surface area contributed by atoms with Gasteiger partial charge in [0.1, 0.15) is 0 Å². The third-order valence-corrected chi connectivity index (χ3v) is 4.92. The molecule has 6 heteroatoms. The number of nitro benzene ring substituents is 1. The van der Waals surface area contributed by atoms with Crippen molar-refractivity contribution in [3.63, 3.8) is 0 Å². The third-order valence-electron chi connectivity index (χ3n) is 4.92. The van der Waals surface area contributed by atoms with Gasteiger partial charge >= 0.3 is 0 Å². The fourth-order valence-electron chi connectivity index (χ4n) is 3.53. The lowest BCUT2D eigenvalue weighted by atomic mass is 9.87. The van der Waals surface area contributed by atoms with E-state index in [4.69, 9.17) is 4.99 Å². The van der Waals surface area contributed by atoms with E-state index in [1.807, 2.05) is 31.0 Å². The van der Waals surface area contributed by atoms with Gasteiger partial charge < -0.3 is 4.90 Å². The molecule has 2 aromatic rings. The van der Waals surface area contributed by atoms with E-state index < -0.39 is 5.66 Å². The number of allylic oxidation sites excluding steroid dienone is 2. The summed E-state index contributed by atoms with van der Waals surface area (Å²) in [6.45, 7) is 1.85. The molecular weight excluding hydrogens is 318 g/mol. The molecule has 1 unspecified atom stereocenters. The van der Waals surface area contributed by atoms with Crippen LogP contribution in [0, 0.1) is 10.1 Å². The van der Waals surface area contributed by atoms with Gasteiger partial charge in [0.25, 0.3) is 5.69 Å². The molecule has 1 heterocycles. The van der Waals surface area contributed by atoms with Crippen LogP contribution in [0.25, 0.3) is 0 Å². The van der Waals surface area contributed by atoms with Crippen LogP contribution in [0.4, 0.5) is 11.4 Å². The van der Waals surface area contributed by atoms with Gasteiger partial charge in [-0.25, -0.2) is 0 Å². The Labute approximate surface area is 144 Å². The van der Waals surface area contributed by atoms with Gasteiger partial charge in [-0.05, 0) is 31.2 Å². The zero-order valence-corrected chi connectivity index (χ0v) is 13.8. The number of anilines is 1. The van der Waals surface area contributed by atoms with E-state index in [1.54, 1.807) is 30.3 Å². The minimum absolute atomic E-state index is 0.0247. The molecule has 0 amide bonds. The maximum atomic E-state index is 12.2. The smallest absolute Gasteiger partial charge is 0.276 e. The summed E-state index contributed by atoms with van der Waals surface area (Å²) in [5.41, 5.74) is 2.48. The SMILES string of the molecule is CN1c2cccc3c2C(=NC1(C)c1ccccc1[N+](=O)[O-])C=CC3=O. The van der Waals surface area contributed by atoms with Gasteiger partial charge in [-0.1, -0.05) is 24.3 Å². The average molecular weight is 333 g/mol. The summed E-state index contributed by atoms with van der Waals surface area (Å²) in [6.07, 6.45) is 3.18. The second-order valence-electron chi connectivity index (χ2n) is 6.25. The number of hydrogen-bond donors (Lipinski definition) is 0. The van der Waals surface area contributed by atoms with Crippen molar-refractivity contribution in [3.8, 4) is 0 Å². The molecule has 0 aromatic heterocycles. The molecule has 0 radical (unpaired) electrons. The van der Waals surface area contributed by atoms with E-state index in [0.29, 0.717) is 16.8 Å². The first-order valence-corrected chi connectivity index (χ1v) is 7.87. The number of benzene rings is 2. The number of para-hydroxylation sites is 1. The van der Waals surface area contributed by atoms with Gasteiger partial charge in [-0.15, -0.1) is 0 Å². The van der Waals surface area contributed by atoms with Gasteiger partial charge in [0.2, 0.25) is 0 Å². The second-order valence-corrected chi connectivity index (χ2v) is 6.25. The quantitative estimate of drug-likeness (QED) is 0.623. The van der Waals surface area contributed by atoms with Crippen molar-refractivity contribution in [2.45, 2.75) is 12.6 Å². The lowest BCUT2D eigenvalue weighted by Gasteiger charge is -2.42. The Morgan fingerprint density at radius 2 is 1.88 bits per heavy atom. The molecule has 4 rings (SSSR count). The Morgan fingerprint density at radius 1 is 1.12 bits per heavy atom. The Kier molecular flexibility index (Phi) is 3.12. The second kappa shape index (κ2) is 5.11. The minimum Gasteiger partial charge on any atom is -0.346 e. The van der Waals surface area contributed by atoms with Crippen LogP contribution < -0.4 is 4.90 Å². The summed E-state index contributed by atoms with van der Waals surface area (Å²) in [6, 6.07) is 12.1. The van der Waals surface area contributed by atoms with E-state index in [2.05, 4.69) is 0 Å². The van der Waals surface area contributed by atoms with Gasteiger partial charge in [-0.2, -0.15) is 0 Å². The van der Waals surface area contributed by atoms with Crippen molar-refractivity contribution in [2.75, 3.05) is 11.9 Å². The lowest BCUT2D eigenvalue weighted by Crippen LogP contribution is -2.45. The molecule has 0 bridgehead atoms. The first-order chi connectivity index (χ1) is 11.9. The van der Waals surface area contributed by atoms with E-state index in [-0.39, 0.29) is 16.4 Å². The minimum atomic E-state index is -0.949. The van der Waals surface area contributed by atoms with Crippen molar-refractivity contribution in [1.82, 2.24) is 0 Å². The largest absolute Gasteiger partial charge is 0.346 e. The first-order valence-electron chi connectivity index (χ1n) is 7.87. The fourth-order valence-corrected chi connectivity index (χ4v) is 3.53. The van der Waals surface area contributed by atoms with Gasteiger partial charge in [0, 0.05) is 29.9 Å². The number of nitrogens with zero attached hydrogens (tertiary/aromatic N) is 3. The highest BCUT2D eigenvalue weighted by atomic mass is 16.6. The van der Waals surface area contributed by atoms with E-state index in [1.165, 1.54) is 12.1 Å². The van der Waals surface area contributed by atoms with E-state index in [9.17, 15) is 14.9 Å². The molecule has 0 saturated heterocycles. The highest BCUT2D eigenvalue weighted by Gasteiger charge is 2.42. The Morgan fingerprint density at radius 3 is 2.64 bits per heavy atom. The zero-order valence-electron chi connectivity index (χ0n) is 13.8. The van der Waals surface area contributed by atoms with Gasteiger partial charge in [0.15, 0.2) is 11.4 Å². The highest BCUT2D eigenvalue weighted by Crippen LogP contribution is 2.44. The van der Waals surface area contributed by atoms with Crippen molar-refractivity contribution < 1.29 is 9.72 Å². The predicted octanol–water partition coefficient (Wildman–Crippen LogP) is 3.46. The van der Waals surface area contributed by atoms with Crippen LogP contribution in [0.3, 0.4) is 0 Å². The molecule has 2 aliphatic rings. The van der Waals surface area contributed by atoms with Crippen LogP contribution in [0.15, 0.2) is 59.6 Å². The molecule has 6 nitrogen and oxygen atoms in total.